The van der Waals surface area contributed by atoms with Crippen LogP contribution in [0.5, 0.6) is 5.75 Å². The van der Waals surface area contributed by atoms with Gasteiger partial charge in [0.2, 0.25) is 5.91 Å². The van der Waals surface area contributed by atoms with Crippen molar-refractivity contribution in [3.63, 3.8) is 0 Å². The van der Waals surface area contributed by atoms with E-state index in [0.717, 1.165) is 24.2 Å². The van der Waals surface area contributed by atoms with E-state index in [9.17, 15) is 9.59 Å². The van der Waals surface area contributed by atoms with Gasteiger partial charge < -0.3 is 10.1 Å². The molecule has 6 nitrogen and oxygen atoms in total. The van der Waals surface area contributed by atoms with Gasteiger partial charge in [-0.25, -0.2) is 4.98 Å². The van der Waals surface area contributed by atoms with Gasteiger partial charge in [-0.3, -0.25) is 14.2 Å². The lowest BCUT2D eigenvalue weighted by Crippen LogP contribution is -2.29. The van der Waals surface area contributed by atoms with E-state index in [1.54, 1.807) is 11.7 Å². The molecule has 0 saturated heterocycles. The number of thioether (sulfide) groups is 1. The number of hydrogen-bond donors (Lipinski definition) is 1. The highest BCUT2D eigenvalue weighted by atomic mass is 32.2. The summed E-state index contributed by atoms with van der Waals surface area (Å²) in [5.74, 6) is 0.865. The fourth-order valence-corrected chi connectivity index (χ4v) is 5.79. The smallest absolute Gasteiger partial charge is 0.272 e. The summed E-state index contributed by atoms with van der Waals surface area (Å²) >= 11 is 2.68. The van der Waals surface area contributed by atoms with Crippen LogP contribution in [-0.4, -0.2) is 28.3 Å². The van der Waals surface area contributed by atoms with Crippen LogP contribution in [0.15, 0.2) is 69.9 Å². The molecule has 1 aliphatic carbocycles. The molecule has 0 bridgehead atoms. The summed E-state index contributed by atoms with van der Waals surface area (Å²) in [6.07, 6.45) is 1.89. The third kappa shape index (κ3) is 4.54. The third-order valence-electron chi connectivity index (χ3n) is 5.81. The van der Waals surface area contributed by atoms with Gasteiger partial charge in [-0.1, -0.05) is 48.2 Å². The molecular formula is C25H23N3O3S2. The van der Waals surface area contributed by atoms with Crippen molar-refractivity contribution >= 4 is 39.2 Å². The van der Waals surface area contributed by atoms with Gasteiger partial charge >= 0.3 is 0 Å². The summed E-state index contributed by atoms with van der Waals surface area (Å²) in [6.45, 7) is 0.358. The Hall–Kier alpha value is -3.10. The van der Waals surface area contributed by atoms with Crippen molar-refractivity contribution in [2.45, 2.75) is 30.6 Å². The molecule has 2 aromatic heterocycles. The summed E-state index contributed by atoms with van der Waals surface area (Å²) in [5.41, 5.74) is 4.00. The molecule has 0 aliphatic heterocycles. The molecule has 1 amide bonds. The van der Waals surface area contributed by atoms with Crippen LogP contribution in [0.25, 0.3) is 10.2 Å². The van der Waals surface area contributed by atoms with E-state index >= 15 is 0 Å². The molecule has 1 aliphatic rings. The highest BCUT2D eigenvalue weighted by molar-refractivity contribution is 7.99. The molecule has 8 heteroatoms. The Balaban J connectivity index is 1.36. The van der Waals surface area contributed by atoms with Crippen LogP contribution in [0.3, 0.4) is 0 Å². The molecule has 1 atom stereocenters. The van der Waals surface area contributed by atoms with Crippen LogP contribution in [0, 0.1) is 0 Å². The molecule has 0 fully saturated rings. The van der Waals surface area contributed by atoms with Crippen LogP contribution >= 0.6 is 23.1 Å². The number of fused-ring (bicyclic) bond motifs is 2. The molecule has 1 N–H and O–H groups in total. The zero-order valence-corrected chi connectivity index (χ0v) is 19.7. The summed E-state index contributed by atoms with van der Waals surface area (Å²) in [5, 5.41) is 5.55. The minimum atomic E-state index is -0.0922. The number of hydrogen-bond acceptors (Lipinski definition) is 6. The molecule has 0 radical (unpaired) electrons. The number of nitrogens with one attached hydrogen (secondary N) is 1. The maximum absolute atomic E-state index is 13.2. The molecule has 5 rings (SSSR count). The molecule has 0 spiro atoms. The van der Waals surface area contributed by atoms with Crippen LogP contribution in [0.1, 0.15) is 29.2 Å². The minimum Gasteiger partial charge on any atom is -0.497 e. The quantitative estimate of drug-likeness (QED) is 0.315. The predicted octanol–water partition coefficient (Wildman–Crippen LogP) is 4.41. The zero-order chi connectivity index (χ0) is 22.8. The average Bonchev–Trinajstić information content (AvgIpc) is 3.47. The first kappa shape index (κ1) is 21.7. The number of thiophene rings is 1. The number of amides is 1. The van der Waals surface area contributed by atoms with E-state index in [4.69, 9.17) is 9.72 Å². The van der Waals surface area contributed by atoms with Crippen molar-refractivity contribution in [1.82, 2.24) is 14.9 Å². The second-order valence-corrected chi connectivity index (χ2v) is 9.78. The van der Waals surface area contributed by atoms with E-state index in [1.165, 1.54) is 34.2 Å². The number of nitrogens with zero attached hydrogens (tertiary/aromatic N) is 2. The van der Waals surface area contributed by atoms with E-state index in [2.05, 4.69) is 17.4 Å². The normalized spacial score (nSPS) is 14.9. The Kier molecular flexibility index (Phi) is 6.20. The average molecular weight is 478 g/mol. The molecular weight excluding hydrogens is 454 g/mol. The van der Waals surface area contributed by atoms with Crippen LogP contribution in [0.4, 0.5) is 0 Å². The molecule has 4 aromatic rings. The zero-order valence-electron chi connectivity index (χ0n) is 18.1. The molecule has 0 saturated carbocycles. The van der Waals surface area contributed by atoms with E-state index in [1.807, 2.05) is 47.8 Å². The predicted molar refractivity (Wildman–Crippen MR) is 132 cm³/mol. The summed E-state index contributed by atoms with van der Waals surface area (Å²) in [4.78, 5) is 30.7. The third-order valence-corrected chi connectivity index (χ3v) is 7.67. The van der Waals surface area contributed by atoms with Crippen LogP contribution < -0.4 is 15.6 Å². The van der Waals surface area contributed by atoms with E-state index in [0.29, 0.717) is 21.9 Å². The summed E-state index contributed by atoms with van der Waals surface area (Å²) < 4.78 is 7.59. The first-order valence-electron chi connectivity index (χ1n) is 10.7. The number of rotatable bonds is 7. The Morgan fingerprint density at radius 2 is 2.12 bits per heavy atom. The molecule has 168 valence electrons. The second-order valence-electron chi connectivity index (χ2n) is 7.92. The molecule has 0 unspecified atom stereocenters. The van der Waals surface area contributed by atoms with Crippen molar-refractivity contribution in [1.29, 1.82) is 0 Å². The van der Waals surface area contributed by atoms with Crippen molar-refractivity contribution in [3.05, 3.63) is 87.0 Å². The minimum absolute atomic E-state index is 0.0422. The summed E-state index contributed by atoms with van der Waals surface area (Å²) in [7, 11) is 1.62. The van der Waals surface area contributed by atoms with Gasteiger partial charge in [0.15, 0.2) is 5.16 Å². The van der Waals surface area contributed by atoms with Gasteiger partial charge in [0.1, 0.15) is 10.4 Å². The Bertz CT molecular complexity index is 1380. The van der Waals surface area contributed by atoms with E-state index in [-0.39, 0.29) is 23.3 Å². The highest BCUT2D eigenvalue weighted by Crippen LogP contribution is 2.31. The first-order valence-corrected chi connectivity index (χ1v) is 12.6. The number of carbonyl (C=O) groups is 1. The number of aromatic nitrogens is 2. The topological polar surface area (TPSA) is 73.2 Å². The van der Waals surface area contributed by atoms with Gasteiger partial charge in [-0.15, -0.1) is 11.3 Å². The Labute approximate surface area is 199 Å². The fourth-order valence-electron chi connectivity index (χ4n) is 4.20. The molecule has 2 aromatic carbocycles. The van der Waals surface area contributed by atoms with Crippen LogP contribution in [-0.2, 0) is 17.8 Å². The number of aryl methyl sites for hydroxylation is 1. The number of ether oxygens (including phenoxy) is 1. The van der Waals surface area contributed by atoms with Crippen molar-refractivity contribution in [3.8, 4) is 5.75 Å². The number of methoxy groups -OCH3 is 1. The van der Waals surface area contributed by atoms with E-state index < -0.39 is 0 Å². The lowest BCUT2D eigenvalue weighted by atomic mass is 10.1. The molecule has 2 heterocycles. The molecule has 33 heavy (non-hydrogen) atoms. The maximum Gasteiger partial charge on any atom is 0.272 e. The van der Waals surface area contributed by atoms with Crippen LogP contribution in [0.2, 0.25) is 0 Å². The maximum atomic E-state index is 13.2. The SMILES string of the molecule is COc1cccc(Cn2c(SCC(=O)N[C@@H]3CCc4ccccc43)nc3ccsc3c2=O)c1. The standard InChI is InChI=1S/C25H23N3O3S2/c1-31-18-7-4-5-16(13-18)14-28-24(30)23-21(11-12-32-23)27-25(28)33-15-22(29)26-20-10-9-17-6-2-3-8-19(17)20/h2-8,11-13,20H,9-10,14-15H2,1H3,(H,26,29)/t20-/m1/s1. The van der Waals surface area contributed by atoms with Crippen molar-refractivity contribution in [2.24, 2.45) is 0 Å². The summed E-state index contributed by atoms with van der Waals surface area (Å²) in [6, 6.07) is 17.8. The largest absolute Gasteiger partial charge is 0.497 e. The number of carbonyl (C=O) groups excluding carboxylic acids is 1. The lowest BCUT2D eigenvalue weighted by Gasteiger charge is -2.15. The van der Waals surface area contributed by atoms with Gasteiger partial charge in [0.25, 0.3) is 5.56 Å². The fraction of sp³-hybridized carbons (Fsp3) is 0.240. The first-order chi connectivity index (χ1) is 16.1. The monoisotopic (exact) mass is 477 g/mol. The lowest BCUT2D eigenvalue weighted by molar-refractivity contribution is -0.119. The van der Waals surface area contributed by atoms with Crippen molar-refractivity contribution in [2.75, 3.05) is 12.9 Å². The Morgan fingerprint density at radius 1 is 1.24 bits per heavy atom. The van der Waals surface area contributed by atoms with Gasteiger partial charge in [0, 0.05) is 0 Å². The Morgan fingerprint density at radius 3 is 3.00 bits per heavy atom. The van der Waals surface area contributed by atoms with Gasteiger partial charge in [-0.2, -0.15) is 0 Å². The number of benzene rings is 2. The van der Waals surface area contributed by atoms with Crippen molar-refractivity contribution < 1.29 is 9.53 Å². The van der Waals surface area contributed by atoms with Gasteiger partial charge in [-0.05, 0) is 53.1 Å². The highest BCUT2D eigenvalue weighted by Gasteiger charge is 2.23. The second kappa shape index (κ2) is 9.41. The van der Waals surface area contributed by atoms with Gasteiger partial charge in [0.05, 0.1) is 31.0 Å².